The topological polar surface area (TPSA) is 48.7 Å². The van der Waals surface area contributed by atoms with Crippen LogP contribution >= 0.6 is 21.1 Å². The fourth-order valence-electron chi connectivity index (χ4n) is 3.78. The van der Waals surface area contributed by atoms with E-state index in [-0.39, 0.29) is 0 Å². The lowest BCUT2D eigenvalue weighted by Gasteiger charge is -2.23. The number of ether oxygens (including phenoxy) is 1. The number of rotatable bonds is 6. The SMILES string of the molecule is POc1ccc(-c2nc(C3CCC3)n3ccnc(Cl)c23)cc1OCc1ccccc1. The quantitative estimate of drug-likeness (QED) is 0.344. The molecule has 1 aliphatic rings. The molecule has 5 nitrogen and oxygen atoms in total. The van der Waals surface area contributed by atoms with Gasteiger partial charge >= 0.3 is 0 Å². The molecule has 1 unspecified atom stereocenters. The van der Waals surface area contributed by atoms with Gasteiger partial charge in [-0.1, -0.05) is 48.4 Å². The first-order chi connectivity index (χ1) is 14.7. The van der Waals surface area contributed by atoms with Gasteiger partial charge in [0.05, 0.1) is 15.2 Å². The fraction of sp³-hybridized carbons (Fsp3) is 0.217. The largest absolute Gasteiger partial charge is 0.485 e. The number of hydrogen-bond acceptors (Lipinski definition) is 4. The van der Waals surface area contributed by atoms with Gasteiger partial charge in [0.15, 0.2) is 16.7 Å². The van der Waals surface area contributed by atoms with Crippen molar-refractivity contribution >= 4 is 26.6 Å². The van der Waals surface area contributed by atoms with Crippen LogP contribution in [-0.4, -0.2) is 14.4 Å². The molecule has 2 aromatic heterocycles. The maximum atomic E-state index is 6.50. The summed E-state index contributed by atoms with van der Waals surface area (Å²) in [6.45, 7) is 0.449. The Kier molecular flexibility index (Phi) is 5.32. The summed E-state index contributed by atoms with van der Waals surface area (Å²) in [5.74, 6) is 2.81. The van der Waals surface area contributed by atoms with Crippen molar-refractivity contribution in [3.05, 3.63) is 77.5 Å². The molecule has 0 bridgehead atoms. The lowest BCUT2D eigenvalue weighted by molar-refractivity contribution is 0.298. The summed E-state index contributed by atoms with van der Waals surface area (Å²) in [6.07, 6.45) is 7.22. The van der Waals surface area contributed by atoms with E-state index in [1.165, 1.54) is 6.42 Å². The fourth-order valence-corrected chi connectivity index (χ4v) is 4.21. The zero-order valence-electron chi connectivity index (χ0n) is 16.3. The van der Waals surface area contributed by atoms with Crippen LogP contribution in [0.2, 0.25) is 5.15 Å². The van der Waals surface area contributed by atoms with Gasteiger partial charge in [-0.15, -0.1) is 0 Å². The van der Waals surface area contributed by atoms with Gasteiger partial charge < -0.3 is 9.26 Å². The van der Waals surface area contributed by atoms with E-state index in [4.69, 9.17) is 25.8 Å². The van der Waals surface area contributed by atoms with Crippen LogP contribution in [0.5, 0.6) is 11.5 Å². The third-order valence-electron chi connectivity index (χ3n) is 5.59. The van der Waals surface area contributed by atoms with Crippen LogP contribution in [0.1, 0.15) is 36.6 Å². The minimum absolute atomic E-state index is 0.448. The van der Waals surface area contributed by atoms with E-state index in [2.05, 4.69) is 18.9 Å². The van der Waals surface area contributed by atoms with Crippen molar-refractivity contribution < 1.29 is 9.26 Å². The summed E-state index contributed by atoms with van der Waals surface area (Å²) in [5.41, 5.74) is 3.65. The number of benzene rings is 2. The maximum absolute atomic E-state index is 6.50. The zero-order chi connectivity index (χ0) is 20.5. The Hall–Kier alpha value is -2.62. The highest BCUT2D eigenvalue weighted by Crippen LogP contribution is 2.41. The molecule has 7 heteroatoms. The summed E-state index contributed by atoms with van der Waals surface area (Å²) in [7, 11) is 2.28. The Morgan fingerprint density at radius 3 is 2.67 bits per heavy atom. The maximum Gasteiger partial charge on any atom is 0.164 e. The zero-order valence-corrected chi connectivity index (χ0v) is 18.2. The second-order valence-electron chi connectivity index (χ2n) is 7.44. The van der Waals surface area contributed by atoms with Gasteiger partial charge in [0, 0.05) is 23.9 Å². The molecule has 2 aromatic carbocycles. The highest BCUT2D eigenvalue weighted by atomic mass is 35.5. The van der Waals surface area contributed by atoms with Crippen molar-refractivity contribution in [3.63, 3.8) is 0 Å². The predicted octanol–water partition coefficient (Wildman–Crippen LogP) is 6.07. The second kappa shape index (κ2) is 8.25. The van der Waals surface area contributed by atoms with Crippen LogP contribution in [0.25, 0.3) is 16.8 Å². The minimum Gasteiger partial charge on any atom is -0.485 e. The Morgan fingerprint density at radius 2 is 1.93 bits per heavy atom. The van der Waals surface area contributed by atoms with Crippen LogP contribution < -0.4 is 9.26 Å². The molecular formula is C23H21ClN3O2P. The van der Waals surface area contributed by atoms with Crippen LogP contribution in [0.3, 0.4) is 0 Å². The Labute approximate surface area is 182 Å². The molecule has 0 aliphatic heterocycles. The average Bonchev–Trinajstić information content (AvgIpc) is 3.12. The van der Waals surface area contributed by atoms with Crippen molar-refractivity contribution in [1.82, 2.24) is 14.4 Å². The first kappa shape index (κ1) is 19.3. The van der Waals surface area contributed by atoms with E-state index in [1.54, 1.807) is 6.20 Å². The van der Waals surface area contributed by atoms with Gasteiger partial charge in [-0.2, -0.15) is 0 Å². The van der Waals surface area contributed by atoms with Crippen molar-refractivity contribution in [2.45, 2.75) is 31.8 Å². The molecule has 0 saturated heterocycles. The summed E-state index contributed by atoms with van der Waals surface area (Å²) in [4.78, 5) is 9.28. The molecule has 1 aliphatic carbocycles. The Morgan fingerprint density at radius 1 is 1.10 bits per heavy atom. The van der Waals surface area contributed by atoms with E-state index < -0.39 is 0 Å². The molecule has 0 spiro atoms. The van der Waals surface area contributed by atoms with Crippen LogP contribution in [0.4, 0.5) is 0 Å². The molecule has 5 rings (SSSR count). The smallest absolute Gasteiger partial charge is 0.164 e. The van der Waals surface area contributed by atoms with Gasteiger partial charge in [0.1, 0.15) is 17.9 Å². The number of fused-ring (bicyclic) bond motifs is 1. The molecule has 2 heterocycles. The Balaban J connectivity index is 1.56. The number of imidazole rings is 1. The molecular weight excluding hydrogens is 417 g/mol. The summed E-state index contributed by atoms with van der Waals surface area (Å²) < 4.78 is 13.6. The first-order valence-electron chi connectivity index (χ1n) is 9.95. The minimum atomic E-state index is 0.448. The second-order valence-corrected chi connectivity index (χ2v) is 8.03. The molecule has 0 amide bonds. The van der Waals surface area contributed by atoms with E-state index in [9.17, 15) is 0 Å². The van der Waals surface area contributed by atoms with E-state index in [1.807, 2.05) is 54.7 Å². The van der Waals surface area contributed by atoms with Crippen molar-refractivity contribution in [3.8, 4) is 22.8 Å². The lowest BCUT2D eigenvalue weighted by atomic mass is 9.85. The van der Waals surface area contributed by atoms with Gasteiger partial charge in [-0.3, -0.25) is 4.40 Å². The molecule has 1 saturated carbocycles. The highest BCUT2D eigenvalue weighted by Gasteiger charge is 2.27. The highest BCUT2D eigenvalue weighted by molar-refractivity contribution is 7.10. The summed E-state index contributed by atoms with van der Waals surface area (Å²) >= 11 is 6.50. The van der Waals surface area contributed by atoms with E-state index >= 15 is 0 Å². The molecule has 1 fully saturated rings. The van der Waals surface area contributed by atoms with Crippen molar-refractivity contribution in [1.29, 1.82) is 0 Å². The van der Waals surface area contributed by atoms with Gasteiger partial charge in [0.2, 0.25) is 0 Å². The molecule has 0 N–H and O–H groups in total. The standard InChI is InChI=1S/C23H21ClN3O2P/c24-22-21-20(26-23(16-7-4-8-16)27(21)12-11-25-22)17-9-10-18(29-30)19(13-17)28-14-15-5-2-1-3-6-15/h1-3,5-6,9-13,16H,4,7-8,14,30H2. The molecule has 0 radical (unpaired) electrons. The average molecular weight is 438 g/mol. The third kappa shape index (κ3) is 3.53. The van der Waals surface area contributed by atoms with Crippen LogP contribution in [0.15, 0.2) is 60.9 Å². The van der Waals surface area contributed by atoms with Crippen LogP contribution in [-0.2, 0) is 6.61 Å². The number of aromatic nitrogens is 3. The monoisotopic (exact) mass is 437 g/mol. The third-order valence-corrected chi connectivity index (χ3v) is 6.12. The van der Waals surface area contributed by atoms with E-state index in [0.717, 1.165) is 41.0 Å². The Bertz CT molecular complexity index is 1190. The van der Waals surface area contributed by atoms with E-state index in [0.29, 0.717) is 29.2 Å². The van der Waals surface area contributed by atoms with Crippen molar-refractivity contribution in [2.75, 3.05) is 0 Å². The van der Waals surface area contributed by atoms with Crippen molar-refractivity contribution in [2.24, 2.45) is 0 Å². The predicted molar refractivity (Wildman–Crippen MR) is 121 cm³/mol. The molecule has 30 heavy (non-hydrogen) atoms. The first-order valence-corrected chi connectivity index (χ1v) is 10.8. The van der Waals surface area contributed by atoms with Gasteiger partial charge in [-0.25, -0.2) is 9.97 Å². The van der Waals surface area contributed by atoms with Gasteiger partial charge in [-0.05, 0) is 36.6 Å². The van der Waals surface area contributed by atoms with Gasteiger partial charge in [0.25, 0.3) is 0 Å². The lowest BCUT2D eigenvalue weighted by Crippen LogP contribution is -2.12. The number of nitrogens with zero attached hydrogens (tertiary/aromatic N) is 3. The number of halogens is 1. The summed E-state index contributed by atoms with van der Waals surface area (Å²) in [5, 5.41) is 0.448. The normalized spacial score (nSPS) is 13.9. The van der Waals surface area contributed by atoms with Crippen LogP contribution in [0, 0.1) is 0 Å². The molecule has 4 aromatic rings. The molecule has 1 atom stereocenters. The molecule has 152 valence electrons. The summed E-state index contributed by atoms with van der Waals surface area (Å²) in [6, 6.07) is 15.9. The number of hydrogen-bond donors (Lipinski definition) is 0.